The lowest BCUT2D eigenvalue weighted by atomic mass is 9.92. The Hall–Kier alpha value is 0. The van der Waals surface area contributed by atoms with Crippen LogP contribution in [0.5, 0.6) is 0 Å². The second kappa shape index (κ2) is 4.13. The Morgan fingerprint density at radius 1 is 1.18 bits per heavy atom. The van der Waals surface area contributed by atoms with E-state index in [-0.39, 0.29) is 0 Å². The molecular formula is C11H22. The van der Waals surface area contributed by atoms with Crippen LogP contribution >= 0.6 is 0 Å². The molecule has 0 heterocycles. The maximum atomic E-state index is 2.42. The van der Waals surface area contributed by atoms with Crippen LogP contribution in [0.4, 0.5) is 0 Å². The molecule has 0 aromatic rings. The summed E-state index contributed by atoms with van der Waals surface area (Å²) >= 11 is 0. The van der Waals surface area contributed by atoms with Crippen molar-refractivity contribution in [1.82, 2.24) is 0 Å². The molecule has 0 spiro atoms. The zero-order valence-electron chi connectivity index (χ0n) is 8.27. The number of rotatable bonds is 5. The Bertz CT molecular complexity index is 103. The third-order valence-corrected chi connectivity index (χ3v) is 2.93. The molecule has 0 N–H and O–H groups in total. The highest BCUT2D eigenvalue weighted by atomic mass is 14.3. The van der Waals surface area contributed by atoms with Crippen molar-refractivity contribution in [2.45, 2.75) is 52.9 Å². The molecule has 0 heteroatoms. The second-order valence-corrected chi connectivity index (χ2v) is 4.53. The van der Waals surface area contributed by atoms with Gasteiger partial charge in [0, 0.05) is 0 Å². The largest absolute Gasteiger partial charge is 0.0651 e. The second-order valence-electron chi connectivity index (χ2n) is 4.53. The van der Waals surface area contributed by atoms with Gasteiger partial charge in [0.25, 0.3) is 0 Å². The van der Waals surface area contributed by atoms with E-state index in [9.17, 15) is 0 Å². The third-order valence-electron chi connectivity index (χ3n) is 2.93. The Morgan fingerprint density at radius 3 is 2.27 bits per heavy atom. The number of hydrogen-bond acceptors (Lipinski definition) is 0. The molecule has 0 radical (unpaired) electrons. The van der Waals surface area contributed by atoms with Gasteiger partial charge in [0.1, 0.15) is 0 Å². The SMILES string of the molecule is CCC(C)CC(C)CC1CC1. The van der Waals surface area contributed by atoms with E-state index in [1.54, 1.807) is 0 Å². The molecule has 1 rings (SSSR count). The highest BCUT2D eigenvalue weighted by molar-refractivity contribution is 4.75. The first kappa shape index (κ1) is 9.09. The summed E-state index contributed by atoms with van der Waals surface area (Å²) < 4.78 is 0. The van der Waals surface area contributed by atoms with Crippen molar-refractivity contribution in [3.05, 3.63) is 0 Å². The van der Waals surface area contributed by atoms with Gasteiger partial charge in [-0.1, -0.05) is 40.0 Å². The van der Waals surface area contributed by atoms with Crippen LogP contribution in [-0.2, 0) is 0 Å². The van der Waals surface area contributed by atoms with Crippen molar-refractivity contribution < 1.29 is 0 Å². The predicted octanol–water partition coefficient (Wildman–Crippen LogP) is 3.86. The van der Waals surface area contributed by atoms with Gasteiger partial charge in [-0.2, -0.15) is 0 Å². The zero-order valence-corrected chi connectivity index (χ0v) is 8.27. The quantitative estimate of drug-likeness (QED) is 0.564. The average Bonchev–Trinajstić information content (AvgIpc) is 2.71. The first-order chi connectivity index (χ1) is 5.22. The molecule has 0 amide bonds. The molecule has 0 bridgehead atoms. The molecule has 11 heavy (non-hydrogen) atoms. The van der Waals surface area contributed by atoms with E-state index in [0.717, 1.165) is 17.8 Å². The van der Waals surface area contributed by atoms with Gasteiger partial charge in [0.05, 0.1) is 0 Å². The normalized spacial score (nSPS) is 23.2. The fraction of sp³-hybridized carbons (Fsp3) is 1.00. The molecule has 1 fully saturated rings. The Balaban J connectivity index is 2.03. The van der Waals surface area contributed by atoms with Crippen LogP contribution in [0.3, 0.4) is 0 Å². The minimum absolute atomic E-state index is 0.948. The number of hydrogen-bond donors (Lipinski definition) is 0. The van der Waals surface area contributed by atoms with E-state index >= 15 is 0 Å². The zero-order chi connectivity index (χ0) is 8.27. The van der Waals surface area contributed by atoms with E-state index in [1.807, 2.05) is 0 Å². The van der Waals surface area contributed by atoms with Gasteiger partial charge in [-0.15, -0.1) is 0 Å². The Morgan fingerprint density at radius 2 is 1.82 bits per heavy atom. The monoisotopic (exact) mass is 154 g/mol. The van der Waals surface area contributed by atoms with E-state index in [0.29, 0.717) is 0 Å². The summed E-state index contributed by atoms with van der Waals surface area (Å²) in [7, 11) is 0. The molecule has 0 saturated heterocycles. The summed E-state index contributed by atoms with van der Waals surface area (Å²) in [6.45, 7) is 7.10. The molecule has 2 unspecified atom stereocenters. The standard InChI is InChI=1S/C11H22/c1-4-9(2)7-10(3)8-11-5-6-11/h9-11H,4-8H2,1-3H3. The van der Waals surface area contributed by atoms with E-state index < -0.39 is 0 Å². The Labute approximate surface area is 71.4 Å². The van der Waals surface area contributed by atoms with Gasteiger partial charge in [0.2, 0.25) is 0 Å². The molecule has 0 aromatic heterocycles. The van der Waals surface area contributed by atoms with Gasteiger partial charge in [-0.25, -0.2) is 0 Å². The summed E-state index contributed by atoms with van der Waals surface area (Å²) in [5.41, 5.74) is 0. The predicted molar refractivity (Wildman–Crippen MR) is 50.6 cm³/mol. The molecule has 66 valence electrons. The van der Waals surface area contributed by atoms with Crippen LogP contribution < -0.4 is 0 Å². The Kier molecular flexibility index (Phi) is 3.42. The molecule has 1 aliphatic rings. The summed E-state index contributed by atoms with van der Waals surface area (Å²) in [5.74, 6) is 3.05. The molecule has 1 saturated carbocycles. The molecule has 1 aliphatic carbocycles. The summed E-state index contributed by atoms with van der Waals surface area (Å²) in [4.78, 5) is 0. The van der Waals surface area contributed by atoms with Crippen molar-refractivity contribution in [3.8, 4) is 0 Å². The van der Waals surface area contributed by atoms with Crippen molar-refractivity contribution in [2.24, 2.45) is 17.8 Å². The van der Waals surface area contributed by atoms with Gasteiger partial charge >= 0.3 is 0 Å². The van der Waals surface area contributed by atoms with Crippen LogP contribution in [-0.4, -0.2) is 0 Å². The topological polar surface area (TPSA) is 0 Å². The first-order valence-electron chi connectivity index (χ1n) is 5.22. The first-order valence-corrected chi connectivity index (χ1v) is 5.22. The van der Waals surface area contributed by atoms with E-state index in [2.05, 4.69) is 20.8 Å². The summed E-state index contributed by atoms with van der Waals surface area (Å²) in [6, 6.07) is 0. The highest BCUT2D eigenvalue weighted by Crippen LogP contribution is 2.36. The summed E-state index contributed by atoms with van der Waals surface area (Å²) in [5, 5.41) is 0. The lowest BCUT2D eigenvalue weighted by Crippen LogP contribution is -2.02. The fourth-order valence-corrected chi connectivity index (χ4v) is 1.87. The van der Waals surface area contributed by atoms with Crippen molar-refractivity contribution in [1.29, 1.82) is 0 Å². The van der Waals surface area contributed by atoms with Crippen molar-refractivity contribution >= 4 is 0 Å². The van der Waals surface area contributed by atoms with Crippen LogP contribution in [0.2, 0.25) is 0 Å². The molecular weight excluding hydrogens is 132 g/mol. The van der Waals surface area contributed by atoms with Gasteiger partial charge in [-0.3, -0.25) is 0 Å². The van der Waals surface area contributed by atoms with Crippen molar-refractivity contribution in [2.75, 3.05) is 0 Å². The van der Waals surface area contributed by atoms with Gasteiger partial charge in [-0.05, 0) is 30.6 Å². The van der Waals surface area contributed by atoms with Crippen molar-refractivity contribution in [3.63, 3.8) is 0 Å². The average molecular weight is 154 g/mol. The van der Waals surface area contributed by atoms with E-state index in [1.165, 1.54) is 32.1 Å². The maximum absolute atomic E-state index is 2.42. The van der Waals surface area contributed by atoms with Crippen LogP contribution in [0.25, 0.3) is 0 Å². The third kappa shape index (κ3) is 3.79. The van der Waals surface area contributed by atoms with Crippen LogP contribution in [0, 0.1) is 17.8 Å². The molecule has 0 aromatic carbocycles. The fourth-order valence-electron chi connectivity index (χ4n) is 1.87. The summed E-state index contributed by atoms with van der Waals surface area (Å²) in [6.07, 6.45) is 7.35. The minimum atomic E-state index is 0.948. The van der Waals surface area contributed by atoms with Gasteiger partial charge < -0.3 is 0 Å². The molecule has 0 nitrogen and oxygen atoms in total. The molecule has 2 atom stereocenters. The molecule has 0 aliphatic heterocycles. The van der Waals surface area contributed by atoms with Gasteiger partial charge in [0.15, 0.2) is 0 Å². The van der Waals surface area contributed by atoms with Crippen LogP contribution in [0.15, 0.2) is 0 Å². The highest BCUT2D eigenvalue weighted by Gasteiger charge is 2.23. The smallest absolute Gasteiger partial charge is 0.0412 e. The van der Waals surface area contributed by atoms with E-state index in [4.69, 9.17) is 0 Å². The lowest BCUT2D eigenvalue weighted by molar-refractivity contribution is 0.373. The minimum Gasteiger partial charge on any atom is -0.0651 e. The lowest BCUT2D eigenvalue weighted by Gasteiger charge is -2.14. The maximum Gasteiger partial charge on any atom is -0.0412 e. The van der Waals surface area contributed by atoms with Crippen LogP contribution in [0.1, 0.15) is 52.9 Å².